The van der Waals surface area contributed by atoms with Crippen LogP contribution in [0, 0.1) is 5.92 Å². The molecule has 110 valence electrons. The van der Waals surface area contributed by atoms with E-state index >= 15 is 0 Å². The zero-order chi connectivity index (χ0) is 13.9. The van der Waals surface area contributed by atoms with Crippen LogP contribution in [-0.2, 0) is 9.53 Å². The van der Waals surface area contributed by atoms with Crippen molar-refractivity contribution in [1.82, 2.24) is 10.6 Å². The van der Waals surface area contributed by atoms with E-state index in [1.54, 1.807) is 0 Å². The topological polar surface area (TPSA) is 50.4 Å². The van der Waals surface area contributed by atoms with Crippen molar-refractivity contribution in [1.29, 1.82) is 0 Å². The number of rotatable bonds is 3. The molecule has 0 aliphatic carbocycles. The molecular weight excluding hydrogens is 240 g/mol. The number of ether oxygens (including phenoxy) is 1. The van der Waals surface area contributed by atoms with Gasteiger partial charge >= 0.3 is 0 Å². The Morgan fingerprint density at radius 3 is 2.89 bits per heavy atom. The maximum Gasteiger partial charge on any atom is 0.237 e. The number of piperidine rings is 1. The molecule has 2 aliphatic heterocycles. The summed E-state index contributed by atoms with van der Waals surface area (Å²) in [7, 11) is 0. The quantitative estimate of drug-likeness (QED) is 0.821. The fourth-order valence-corrected chi connectivity index (χ4v) is 3.22. The highest BCUT2D eigenvalue weighted by Crippen LogP contribution is 2.24. The van der Waals surface area contributed by atoms with Crippen molar-refractivity contribution in [2.45, 2.75) is 70.6 Å². The van der Waals surface area contributed by atoms with Gasteiger partial charge in [0.2, 0.25) is 5.91 Å². The van der Waals surface area contributed by atoms with E-state index in [1.807, 2.05) is 0 Å². The molecule has 2 rings (SSSR count). The van der Waals surface area contributed by atoms with Crippen LogP contribution >= 0.6 is 0 Å². The molecule has 1 amide bonds. The summed E-state index contributed by atoms with van der Waals surface area (Å²) in [5, 5.41) is 6.56. The van der Waals surface area contributed by atoms with Gasteiger partial charge in [0.15, 0.2) is 0 Å². The first-order chi connectivity index (χ1) is 9.00. The predicted molar refractivity (Wildman–Crippen MR) is 76.0 cm³/mol. The van der Waals surface area contributed by atoms with Crippen molar-refractivity contribution in [2.24, 2.45) is 5.92 Å². The number of hydrogen-bond acceptors (Lipinski definition) is 3. The maximum absolute atomic E-state index is 12.3. The second-order valence-corrected chi connectivity index (χ2v) is 6.61. The summed E-state index contributed by atoms with van der Waals surface area (Å²) in [4.78, 5) is 12.3. The number of hydrogen-bond donors (Lipinski definition) is 2. The molecule has 0 aromatic carbocycles. The van der Waals surface area contributed by atoms with Gasteiger partial charge < -0.3 is 15.4 Å². The van der Waals surface area contributed by atoms with E-state index in [0.29, 0.717) is 5.92 Å². The number of amides is 1. The van der Waals surface area contributed by atoms with E-state index in [2.05, 4.69) is 31.4 Å². The summed E-state index contributed by atoms with van der Waals surface area (Å²) in [6.07, 6.45) is 5.19. The Balaban J connectivity index is 1.83. The molecule has 2 aliphatic rings. The van der Waals surface area contributed by atoms with Crippen molar-refractivity contribution < 1.29 is 9.53 Å². The van der Waals surface area contributed by atoms with Crippen LogP contribution in [0.5, 0.6) is 0 Å². The van der Waals surface area contributed by atoms with Crippen molar-refractivity contribution >= 4 is 5.91 Å². The van der Waals surface area contributed by atoms with E-state index in [0.717, 1.165) is 32.4 Å². The van der Waals surface area contributed by atoms with E-state index in [4.69, 9.17) is 4.74 Å². The van der Waals surface area contributed by atoms with Gasteiger partial charge in [0.25, 0.3) is 0 Å². The molecule has 0 saturated carbocycles. The minimum absolute atomic E-state index is 0.00431. The normalized spacial score (nSPS) is 34.8. The molecule has 3 unspecified atom stereocenters. The zero-order valence-corrected chi connectivity index (χ0v) is 12.5. The lowest BCUT2D eigenvalue weighted by molar-refractivity contribution is -0.127. The van der Waals surface area contributed by atoms with Crippen LogP contribution in [-0.4, -0.2) is 36.7 Å². The van der Waals surface area contributed by atoms with Gasteiger partial charge in [-0.15, -0.1) is 0 Å². The summed E-state index contributed by atoms with van der Waals surface area (Å²) in [6, 6.07) is 0.268. The number of carbonyl (C=O) groups excluding carboxylic acids is 1. The molecule has 2 fully saturated rings. The van der Waals surface area contributed by atoms with E-state index < -0.39 is 0 Å². The van der Waals surface area contributed by atoms with Crippen molar-refractivity contribution in [3.05, 3.63) is 0 Å². The van der Waals surface area contributed by atoms with Crippen molar-refractivity contribution in [2.75, 3.05) is 13.2 Å². The molecule has 0 spiro atoms. The Bertz CT molecular complexity index is 317. The van der Waals surface area contributed by atoms with Crippen LogP contribution in [0.3, 0.4) is 0 Å². The molecule has 2 heterocycles. The summed E-state index contributed by atoms with van der Waals surface area (Å²) in [5.41, 5.74) is -0.109. The first-order valence-electron chi connectivity index (χ1n) is 7.68. The molecule has 4 nitrogen and oxygen atoms in total. The lowest BCUT2D eigenvalue weighted by Gasteiger charge is -2.37. The van der Waals surface area contributed by atoms with Crippen molar-refractivity contribution in [3.8, 4) is 0 Å². The Labute approximate surface area is 116 Å². The SMILES string of the molecule is CCC1CCNC(C(=O)NC2CCOC(C)(C)C2)C1. The molecule has 0 radical (unpaired) electrons. The van der Waals surface area contributed by atoms with Gasteiger partial charge in [-0.05, 0) is 52.0 Å². The second-order valence-electron chi connectivity index (χ2n) is 6.61. The standard InChI is InChI=1S/C15H28N2O2/c1-4-11-5-7-16-13(9-11)14(18)17-12-6-8-19-15(2,3)10-12/h11-13,16H,4-10H2,1-3H3,(H,17,18). The van der Waals surface area contributed by atoms with Gasteiger partial charge in [-0.1, -0.05) is 13.3 Å². The molecule has 4 heteroatoms. The van der Waals surface area contributed by atoms with Gasteiger partial charge in [-0.3, -0.25) is 4.79 Å². The molecule has 0 bridgehead atoms. The van der Waals surface area contributed by atoms with Crippen LogP contribution in [0.25, 0.3) is 0 Å². The third-order valence-corrected chi connectivity index (χ3v) is 4.45. The van der Waals surface area contributed by atoms with Gasteiger partial charge in [0.05, 0.1) is 11.6 Å². The smallest absolute Gasteiger partial charge is 0.237 e. The summed E-state index contributed by atoms with van der Waals surface area (Å²) < 4.78 is 5.69. The fraction of sp³-hybridized carbons (Fsp3) is 0.933. The minimum atomic E-state index is -0.109. The number of carbonyl (C=O) groups is 1. The molecule has 2 saturated heterocycles. The summed E-state index contributed by atoms with van der Waals surface area (Å²) in [5.74, 6) is 0.879. The second kappa shape index (κ2) is 6.23. The van der Waals surface area contributed by atoms with Gasteiger partial charge in [-0.2, -0.15) is 0 Å². The highest BCUT2D eigenvalue weighted by atomic mass is 16.5. The van der Waals surface area contributed by atoms with Gasteiger partial charge in [0.1, 0.15) is 0 Å². The molecular formula is C15H28N2O2. The monoisotopic (exact) mass is 268 g/mol. The van der Waals surface area contributed by atoms with Crippen LogP contribution in [0.2, 0.25) is 0 Å². The van der Waals surface area contributed by atoms with E-state index in [-0.39, 0.29) is 23.6 Å². The van der Waals surface area contributed by atoms with Crippen molar-refractivity contribution in [3.63, 3.8) is 0 Å². The largest absolute Gasteiger partial charge is 0.375 e. The lowest BCUT2D eigenvalue weighted by atomic mass is 9.89. The van der Waals surface area contributed by atoms with Gasteiger partial charge in [-0.25, -0.2) is 0 Å². The highest BCUT2D eigenvalue weighted by Gasteiger charge is 2.32. The number of nitrogens with one attached hydrogen (secondary N) is 2. The van der Waals surface area contributed by atoms with Gasteiger partial charge in [0, 0.05) is 12.6 Å². The van der Waals surface area contributed by atoms with E-state index in [1.165, 1.54) is 12.8 Å². The zero-order valence-electron chi connectivity index (χ0n) is 12.5. The average Bonchev–Trinajstić information content (AvgIpc) is 2.37. The average molecular weight is 268 g/mol. The maximum atomic E-state index is 12.3. The third kappa shape index (κ3) is 4.18. The van der Waals surface area contributed by atoms with E-state index in [9.17, 15) is 4.79 Å². The Hall–Kier alpha value is -0.610. The fourth-order valence-electron chi connectivity index (χ4n) is 3.22. The summed E-state index contributed by atoms with van der Waals surface area (Å²) >= 11 is 0. The highest BCUT2D eigenvalue weighted by molar-refractivity contribution is 5.82. The van der Waals surface area contributed by atoms with Crippen LogP contribution in [0.1, 0.15) is 52.9 Å². The molecule has 0 aromatic rings. The lowest BCUT2D eigenvalue weighted by Crippen LogP contribution is -2.53. The molecule has 2 N–H and O–H groups in total. The molecule has 0 aromatic heterocycles. The third-order valence-electron chi connectivity index (χ3n) is 4.45. The Morgan fingerprint density at radius 1 is 1.42 bits per heavy atom. The minimum Gasteiger partial charge on any atom is -0.375 e. The first-order valence-corrected chi connectivity index (χ1v) is 7.68. The Morgan fingerprint density at radius 2 is 2.21 bits per heavy atom. The molecule has 3 atom stereocenters. The van der Waals surface area contributed by atoms with Crippen LogP contribution < -0.4 is 10.6 Å². The summed E-state index contributed by atoms with van der Waals surface area (Å²) in [6.45, 7) is 8.12. The molecule has 19 heavy (non-hydrogen) atoms. The predicted octanol–water partition coefficient (Wildman–Crippen LogP) is 1.84. The van der Waals surface area contributed by atoms with Crippen LogP contribution in [0.15, 0.2) is 0 Å². The Kier molecular flexibility index (Phi) is 4.85. The first kappa shape index (κ1) is 14.8. The van der Waals surface area contributed by atoms with Crippen LogP contribution in [0.4, 0.5) is 0 Å².